The van der Waals surface area contributed by atoms with Crippen molar-refractivity contribution < 1.29 is 4.79 Å². The standard InChI is InChI=1S/C21H21N3O2S/c1-23-20(26)17-6-2-3-7-18(17)22-21(23)27-14-15-8-10-16(11-9-15)19(25)24-12-4-5-13-24/h2-3,6-11H,4-5,12-14H2,1H3. The molecule has 1 aromatic heterocycles. The van der Waals surface area contributed by atoms with Gasteiger partial charge in [0.05, 0.1) is 10.9 Å². The number of carbonyl (C=O) groups excluding carboxylic acids is 1. The van der Waals surface area contributed by atoms with E-state index >= 15 is 0 Å². The number of likely N-dealkylation sites (tertiary alicyclic amines) is 1. The van der Waals surface area contributed by atoms with Crippen molar-refractivity contribution in [3.63, 3.8) is 0 Å². The van der Waals surface area contributed by atoms with E-state index in [0.717, 1.165) is 42.6 Å². The van der Waals surface area contributed by atoms with Gasteiger partial charge in [0.15, 0.2) is 5.16 Å². The van der Waals surface area contributed by atoms with Crippen LogP contribution in [-0.4, -0.2) is 33.4 Å². The van der Waals surface area contributed by atoms with Crippen LogP contribution in [0, 0.1) is 0 Å². The molecular formula is C21H21N3O2S. The maximum atomic E-state index is 12.5. The first kappa shape index (κ1) is 17.8. The lowest BCUT2D eigenvalue weighted by molar-refractivity contribution is 0.0793. The molecule has 1 saturated heterocycles. The lowest BCUT2D eigenvalue weighted by Crippen LogP contribution is -2.27. The molecule has 0 spiro atoms. The molecule has 0 radical (unpaired) electrons. The summed E-state index contributed by atoms with van der Waals surface area (Å²) in [5, 5.41) is 1.32. The van der Waals surface area contributed by atoms with Crippen molar-refractivity contribution in [2.24, 2.45) is 7.05 Å². The van der Waals surface area contributed by atoms with Gasteiger partial charge in [-0.1, -0.05) is 36.0 Å². The topological polar surface area (TPSA) is 55.2 Å². The molecule has 0 bridgehead atoms. The lowest BCUT2D eigenvalue weighted by atomic mass is 10.1. The minimum Gasteiger partial charge on any atom is -0.339 e. The summed E-state index contributed by atoms with van der Waals surface area (Å²) in [6.45, 7) is 1.72. The van der Waals surface area contributed by atoms with Gasteiger partial charge in [-0.15, -0.1) is 0 Å². The Morgan fingerprint density at radius 1 is 1.07 bits per heavy atom. The summed E-state index contributed by atoms with van der Waals surface area (Å²) in [4.78, 5) is 31.4. The number of hydrogen-bond donors (Lipinski definition) is 0. The first-order valence-electron chi connectivity index (χ1n) is 9.10. The third-order valence-electron chi connectivity index (χ3n) is 4.90. The Labute approximate surface area is 162 Å². The molecule has 27 heavy (non-hydrogen) atoms. The molecule has 0 saturated carbocycles. The lowest BCUT2D eigenvalue weighted by Gasteiger charge is -2.15. The number of nitrogens with zero attached hydrogens (tertiary/aromatic N) is 3. The van der Waals surface area contributed by atoms with Crippen molar-refractivity contribution in [2.75, 3.05) is 13.1 Å². The Morgan fingerprint density at radius 2 is 1.78 bits per heavy atom. The molecule has 1 amide bonds. The molecule has 4 rings (SSSR count). The summed E-state index contributed by atoms with van der Waals surface area (Å²) in [6.07, 6.45) is 2.19. The van der Waals surface area contributed by atoms with E-state index in [9.17, 15) is 9.59 Å². The van der Waals surface area contributed by atoms with E-state index < -0.39 is 0 Å². The molecule has 0 unspecified atom stereocenters. The van der Waals surface area contributed by atoms with Gasteiger partial charge < -0.3 is 4.90 Å². The highest BCUT2D eigenvalue weighted by atomic mass is 32.2. The molecule has 2 heterocycles. The van der Waals surface area contributed by atoms with Crippen LogP contribution in [0.5, 0.6) is 0 Å². The number of rotatable bonds is 4. The van der Waals surface area contributed by atoms with Gasteiger partial charge in [-0.2, -0.15) is 0 Å². The SMILES string of the molecule is Cn1c(SCc2ccc(C(=O)N3CCCC3)cc2)nc2ccccc2c1=O. The highest BCUT2D eigenvalue weighted by Crippen LogP contribution is 2.22. The highest BCUT2D eigenvalue weighted by Gasteiger charge is 2.19. The van der Waals surface area contributed by atoms with Gasteiger partial charge in [-0.3, -0.25) is 14.2 Å². The monoisotopic (exact) mass is 379 g/mol. The number of thioether (sulfide) groups is 1. The van der Waals surface area contributed by atoms with E-state index in [0.29, 0.717) is 16.3 Å². The van der Waals surface area contributed by atoms with E-state index in [1.165, 1.54) is 11.8 Å². The normalized spacial score (nSPS) is 14.0. The molecule has 0 N–H and O–H groups in total. The number of hydrogen-bond acceptors (Lipinski definition) is 4. The van der Waals surface area contributed by atoms with Gasteiger partial charge >= 0.3 is 0 Å². The van der Waals surface area contributed by atoms with Crippen LogP contribution in [0.25, 0.3) is 10.9 Å². The van der Waals surface area contributed by atoms with Gasteiger partial charge in [-0.05, 0) is 42.7 Å². The van der Waals surface area contributed by atoms with E-state index in [-0.39, 0.29) is 11.5 Å². The predicted octanol–water partition coefficient (Wildman–Crippen LogP) is 3.46. The summed E-state index contributed by atoms with van der Waals surface area (Å²) in [7, 11) is 1.75. The minimum absolute atomic E-state index is 0.0327. The van der Waals surface area contributed by atoms with Crippen LogP contribution in [0.15, 0.2) is 58.5 Å². The van der Waals surface area contributed by atoms with Gasteiger partial charge in [0.1, 0.15) is 0 Å². The predicted molar refractivity (Wildman–Crippen MR) is 108 cm³/mol. The van der Waals surface area contributed by atoms with Crippen LogP contribution in [0.1, 0.15) is 28.8 Å². The average Bonchev–Trinajstić information content (AvgIpc) is 3.24. The van der Waals surface area contributed by atoms with Crippen molar-refractivity contribution in [3.05, 3.63) is 70.0 Å². The molecule has 2 aromatic carbocycles. The van der Waals surface area contributed by atoms with Gasteiger partial charge in [0.2, 0.25) is 0 Å². The second-order valence-electron chi connectivity index (χ2n) is 6.76. The molecule has 5 nitrogen and oxygen atoms in total. The summed E-state index contributed by atoms with van der Waals surface area (Å²) in [5.41, 5.74) is 2.52. The molecule has 0 atom stereocenters. The average molecular weight is 379 g/mol. The Hall–Kier alpha value is -2.60. The zero-order valence-corrected chi connectivity index (χ0v) is 16.0. The molecule has 6 heteroatoms. The Balaban J connectivity index is 1.49. The van der Waals surface area contributed by atoms with Crippen LogP contribution in [0.4, 0.5) is 0 Å². The van der Waals surface area contributed by atoms with Crippen molar-refractivity contribution in [2.45, 2.75) is 23.8 Å². The van der Waals surface area contributed by atoms with Crippen LogP contribution < -0.4 is 5.56 Å². The van der Waals surface area contributed by atoms with Gasteiger partial charge in [0, 0.05) is 31.5 Å². The maximum Gasteiger partial charge on any atom is 0.261 e. The summed E-state index contributed by atoms with van der Waals surface area (Å²) in [6, 6.07) is 15.1. The van der Waals surface area contributed by atoms with Crippen molar-refractivity contribution in [1.82, 2.24) is 14.5 Å². The van der Waals surface area contributed by atoms with Crippen molar-refractivity contribution in [3.8, 4) is 0 Å². The molecular weight excluding hydrogens is 358 g/mol. The van der Waals surface area contributed by atoms with E-state index in [4.69, 9.17) is 0 Å². The first-order chi connectivity index (χ1) is 13.1. The number of amides is 1. The number of aromatic nitrogens is 2. The Bertz CT molecular complexity index is 1040. The van der Waals surface area contributed by atoms with E-state index in [1.807, 2.05) is 47.4 Å². The molecule has 1 aliphatic heterocycles. The molecule has 0 aliphatic carbocycles. The zero-order valence-electron chi connectivity index (χ0n) is 15.2. The summed E-state index contributed by atoms with van der Waals surface area (Å²) < 4.78 is 1.60. The highest BCUT2D eigenvalue weighted by molar-refractivity contribution is 7.98. The first-order valence-corrected chi connectivity index (χ1v) is 10.1. The second kappa shape index (κ2) is 7.56. The van der Waals surface area contributed by atoms with Crippen molar-refractivity contribution in [1.29, 1.82) is 0 Å². The number of fused-ring (bicyclic) bond motifs is 1. The fourth-order valence-electron chi connectivity index (χ4n) is 3.32. The number of carbonyl (C=O) groups is 1. The number of benzene rings is 2. The third kappa shape index (κ3) is 3.62. The fourth-order valence-corrected chi connectivity index (χ4v) is 4.25. The zero-order chi connectivity index (χ0) is 18.8. The molecule has 3 aromatic rings. The summed E-state index contributed by atoms with van der Waals surface area (Å²) in [5.74, 6) is 0.807. The molecule has 1 fully saturated rings. The minimum atomic E-state index is -0.0327. The maximum absolute atomic E-state index is 12.5. The quantitative estimate of drug-likeness (QED) is 0.515. The third-order valence-corrected chi connectivity index (χ3v) is 6.01. The molecule has 1 aliphatic rings. The Kier molecular flexibility index (Phi) is 4.99. The smallest absolute Gasteiger partial charge is 0.261 e. The fraction of sp³-hybridized carbons (Fsp3) is 0.286. The number of para-hydroxylation sites is 1. The Morgan fingerprint density at radius 3 is 2.52 bits per heavy atom. The van der Waals surface area contributed by atoms with Gasteiger partial charge in [0.25, 0.3) is 11.5 Å². The van der Waals surface area contributed by atoms with E-state index in [1.54, 1.807) is 17.7 Å². The van der Waals surface area contributed by atoms with Crippen LogP contribution >= 0.6 is 11.8 Å². The largest absolute Gasteiger partial charge is 0.339 e. The summed E-state index contributed by atoms with van der Waals surface area (Å²) >= 11 is 1.53. The van der Waals surface area contributed by atoms with Crippen LogP contribution in [-0.2, 0) is 12.8 Å². The van der Waals surface area contributed by atoms with Gasteiger partial charge in [-0.25, -0.2) is 4.98 Å². The van der Waals surface area contributed by atoms with Crippen LogP contribution in [0.2, 0.25) is 0 Å². The van der Waals surface area contributed by atoms with Crippen LogP contribution in [0.3, 0.4) is 0 Å². The molecule has 138 valence electrons. The second-order valence-corrected chi connectivity index (χ2v) is 7.70. The van der Waals surface area contributed by atoms with Crippen molar-refractivity contribution >= 4 is 28.6 Å². The van der Waals surface area contributed by atoms with E-state index in [2.05, 4.69) is 4.98 Å².